The van der Waals surface area contributed by atoms with Crippen molar-refractivity contribution in [2.24, 2.45) is 5.92 Å². The Labute approximate surface area is 215 Å². The summed E-state index contributed by atoms with van der Waals surface area (Å²) in [6, 6.07) is 7.48. The van der Waals surface area contributed by atoms with Gasteiger partial charge in [-0.2, -0.15) is 0 Å². The van der Waals surface area contributed by atoms with E-state index in [1.54, 1.807) is 23.6 Å². The van der Waals surface area contributed by atoms with Crippen molar-refractivity contribution in [2.75, 3.05) is 49.1 Å². The van der Waals surface area contributed by atoms with E-state index in [-0.39, 0.29) is 5.91 Å². The minimum absolute atomic E-state index is 0.186. The smallest absolute Gasteiger partial charge is 0.270 e. The normalized spacial score (nSPS) is 17.3. The molecule has 1 amide bonds. The molecule has 0 spiro atoms. The van der Waals surface area contributed by atoms with E-state index in [0.717, 1.165) is 69.1 Å². The van der Waals surface area contributed by atoms with Gasteiger partial charge in [0, 0.05) is 43.4 Å². The maximum absolute atomic E-state index is 12.9. The van der Waals surface area contributed by atoms with Gasteiger partial charge in [0.05, 0.1) is 17.1 Å². The number of thiazole rings is 1. The Morgan fingerprint density at radius 3 is 2.64 bits per heavy atom. The summed E-state index contributed by atoms with van der Waals surface area (Å²) in [5.41, 5.74) is 14.5. The number of nitrogens with one attached hydrogen (secondary N) is 1. The minimum Gasteiger partial charge on any atom is -0.397 e. The molecule has 10 heteroatoms. The third kappa shape index (κ3) is 5.76. The van der Waals surface area contributed by atoms with Crippen LogP contribution in [-0.4, -0.2) is 58.5 Å². The van der Waals surface area contributed by atoms with Gasteiger partial charge >= 0.3 is 0 Å². The lowest BCUT2D eigenvalue weighted by molar-refractivity contribution is 0.0930. The van der Waals surface area contributed by atoms with Crippen molar-refractivity contribution in [3.63, 3.8) is 0 Å². The van der Waals surface area contributed by atoms with Gasteiger partial charge in [0.2, 0.25) is 0 Å². The van der Waals surface area contributed by atoms with Crippen LogP contribution in [0, 0.1) is 5.92 Å². The molecule has 5 heterocycles. The van der Waals surface area contributed by atoms with Gasteiger partial charge in [-0.3, -0.25) is 14.7 Å². The lowest BCUT2D eigenvalue weighted by Crippen LogP contribution is -2.38. The molecule has 5 rings (SSSR count). The van der Waals surface area contributed by atoms with E-state index in [4.69, 9.17) is 11.5 Å². The number of rotatable bonds is 7. The van der Waals surface area contributed by atoms with Gasteiger partial charge in [0.1, 0.15) is 10.7 Å². The van der Waals surface area contributed by atoms with Crippen molar-refractivity contribution in [2.45, 2.75) is 38.6 Å². The number of nitrogens with zero attached hydrogens (tertiary/aromatic N) is 5. The summed E-state index contributed by atoms with van der Waals surface area (Å²) in [5.74, 6) is 0.903. The number of pyridine rings is 2. The number of piperidine rings is 2. The molecule has 2 saturated heterocycles. The van der Waals surface area contributed by atoms with Crippen LogP contribution in [0.15, 0.2) is 36.7 Å². The topological polar surface area (TPSA) is 126 Å². The summed E-state index contributed by atoms with van der Waals surface area (Å²) in [4.78, 5) is 32.3. The lowest BCUT2D eigenvalue weighted by Gasteiger charge is -2.31. The van der Waals surface area contributed by atoms with Gasteiger partial charge in [-0.25, -0.2) is 9.97 Å². The molecule has 190 valence electrons. The first-order valence-corrected chi connectivity index (χ1v) is 13.6. The van der Waals surface area contributed by atoms with Crippen LogP contribution in [0.3, 0.4) is 0 Å². The number of hydrogen-bond acceptors (Lipinski definition) is 9. The second-order valence-corrected chi connectivity index (χ2v) is 10.8. The van der Waals surface area contributed by atoms with Crippen LogP contribution in [0.5, 0.6) is 0 Å². The van der Waals surface area contributed by atoms with E-state index >= 15 is 0 Å². The van der Waals surface area contributed by atoms with Gasteiger partial charge in [-0.05, 0) is 69.3 Å². The largest absolute Gasteiger partial charge is 0.397 e. The molecule has 0 aromatic carbocycles. The Morgan fingerprint density at radius 2 is 1.89 bits per heavy atom. The molecule has 3 aromatic heterocycles. The van der Waals surface area contributed by atoms with Gasteiger partial charge in [0.25, 0.3) is 5.91 Å². The average molecular weight is 507 g/mol. The fraction of sp³-hybridized carbons (Fsp3) is 0.462. The first-order valence-electron chi connectivity index (χ1n) is 12.7. The van der Waals surface area contributed by atoms with E-state index in [1.165, 1.54) is 11.3 Å². The van der Waals surface area contributed by atoms with Crippen molar-refractivity contribution in [1.82, 2.24) is 25.2 Å². The third-order valence-corrected chi connectivity index (χ3v) is 8.04. The molecule has 36 heavy (non-hydrogen) atoms. The molecule has 0 atom stereocenters. The van der Waals surface area contributed by atoms with Crippen LogP contribution in [0.2, 0.25) is 0 Å². The van der Waals surface area contributed by atoms with Crippen LogP contribution in [-0.2, 0) is 6.54 Å². The summed E-state index contributed by atoms with van der Waals surface area (Å²) in [5, 5.41) is 4.04. The van der Waals surface area contributed by atoms with Crippen LogP contribution >= 0.6 is 11.3 Å². The Hall–Kier alpha value is -3.24. The summed E-state index contributed by atoms with van der Waals surface area (Å²) in [6.07, 6.45) is 9.26. The molecule has 2 aliphatic rings. The number of nitrogen functional groups attached to an aromatic ring is 2. The number of likely N-dealkylation sites (tertiary alicyclic amines) is 1. The third-order valence-electron chi connectivity index (χ3n) is 7.03. The fourth-order valence-electron chi connectivity index (χ4n) is 4.91. The van der Waals surface area contributed by atoms with E-state index in [2.05, 4.69) is 30.1 Å². The first-order chi connectivity index (χ1) is 17.6. The van der Waals surface area contributed by atoms with E-state index in [1.807, 2.05) is 24.4 Å². The summed E-state index contributed by atoms with van der Waals surface area (Å²) >= 11 is 1.70. The molecule has 2 aliphatic heterocycles. The minimum atomic E-state index is -0.186. The number of carbonyl (C=O) groups excluding carboxylic acids is 1. The standard InChI is InChI=1S/C26H34N8OS/c27-20-14-22(32-24(23(20)28)34-10-4-1-5-11-34)25(35)30-15-18-7-12-33(13-8-18)17-19-16-31-26(36-19)21-6-2-3-9-29-21/h2-3,6,9,14,16,18H,1,4-5,7-8,10-13,15,17,28H2,(H2,27,32)(H,30,35). The van der Waals surface area contributed by atoms with Crippen LogP contribution in [0.1, 0.15) is 47.5 Å². The zero-order chi connectivity index (χ0) is 24.9. The second kappa shape index (κ2) is 11.2. The second-order valence-electron chi connectivity index (χ2n) is 9.66. The lowest BCUT2D eigenvalue weighted by atomic mass is 9.96. The fourth-order valence-corrected chi connectivity index (χ4v) is 5.84. The van der Waals surface area contributed by atoms with E-state index in [0.29, 0.717) is 35.3 Å². The van der Waals surface area contributed by atoms with Gasteiger partial charge in [-0.1, -0.05) is 6.07 Å². The Balaban J connectivity index is 1.11. The Bertz CT molecular complexity index is 1170. The molecule has 0 bridgehead atoms. The number of aromatic nitrogens is 3. The predicted octanol–water partition coefficient (Wildman–Crippen LogP) is 3.40. The molecule has 3 aromatic rings. The highest BCUT2D eigenvalue weighted by Gasteiger charge is 2.23. The molecule has 5 N–H and O–H groups in total. The molecule has 0 saturated carbocycles. The number of hydrogen-bond donors (Lipinski definition) is 3. The molecular weight excluding hydrogens is 472 g/mol. The van der Waals surface area contributed by atoms with Gasteiger partial charge in [-0.15, -0.1) is 11.3 Å². The predicted molar refractivity (Wildman–Crippen MR) is 145 cm³/mol. The highest BCUT2D eigenvalue weighted by Crippen LogP contribution is 2.30. The highest BCUT2D eigenvalue weighted by molar-refractivity contribution is 7.14. The van der Waals surface area contributed by atoms with Crippen molar-refractivity contribution in [3.8, 4) is 10.7 Å². The maximum atomic E-state index is 12.9. The molecule has 9 nitrogen and oxygen atoms in total. The van der Waals surface area contributed by atoms with Crippen LogP contribution < -0.4 is 21.7 Å². The quantitative estimate of drug-likeness (QED) is 0.445. The summed E-state index contributed by atoms with van der Waals surface area (Å²) in [6.45, 7) is 5.34. The molecule has 0 unspecified atom stereocenters. The number of nitrogens with two attached hydrogens (primary N) is 2. The number of carbonyl (C=O) groups is 1. The van der Waals surface area contributed by atoms with Crippen molar-refractivity contribution in [3.05, 3.63) is 47.2 Å². The van der Waals surface area contributed by atoms with Crippen molar-refractivity contribution < 1.29 is 4.79 Å². The SMILES string of the molecule is Nc1cc(C(=O)NCC2CCN(Cc3cnc(-c4ccccn4)s3)CC2)nc(N2CCCCC2)c1N. The zero-order valence-electron chi connectivity index (χ0n) is 20.5. The average Bonchev–Trinajstić information content (AvgIpc) is 3.39. The van der Waals surface area contributed by atoms with Crippen molar-refractivity contribution in [1.29, 1.82) is 0 Å². The molecule has 0 radical (unpaired) electrons. The molecule has 0 aliphatic carbocycles. The van der Waals surface area contributed by atoms with E-state index < -0.39 is 0 Å². The number of anilines is 3. The van der Waals surface area contributed by atoms with Crippen LogP contribution in [0.4, 0.5) is 17.2 Å². The Morgan fingerprint density at radius 1 is 1.08 bits per heavy atom. The van der Waals surface area contributed by atoms with Crippen molar-refractivity contribution >= 4 is 34.4 Å². The molecule has 2 fully saturated rings. The van der Waals surface area contributed by atoms with Crippen LogP contribution in [0.25, 0.3) is 10.7 Å². The zero-order valence-corrected chi connectivity index (χ0v) is 21.3. The van der Waals surface area contributed by atoms with Gasteiger partial charge < -0.3 is 21.7 Å². The summed E-state index contributed by atoms with van der Waals surface area (Å²) in [7, 11) is 0. The number of amides is 1. The monoisotopic (exact) mass is 506 g/mol. The van der Waals surface area contributed by atoms with E-state index in [9.17, 15) is 4.79 Å². The maximum Gasteiger partial charge on any atom is 0.270 e. The molecular formula is C26H34N8OS. The Kier molecular flexibility index (Phi) is 7.62. The van der Waals surface area contributed by atoms with Gasteiger partial charge in [0.15, 0.2) is 5.82 Å². The highest BCUT2D eigenvalue weighted by atomic mass is 32.1. The summed E-state index contributed by atoms with van der Waals surface area (Å²) < 4.78 is 0. The first kappa shape index (κ1) is 24.5.